The van der Waals surface area contributed by atoms with Crippen molar-refractivity contribution in [2.45, 2.75) is 70.7 Å². The number of aryl methyl sites for hydroxylation is 1. The number of aromatic nitrogens is 3. The lowest BCUT2D eigenvalue weighted by Crippen LogP contribution is -2.49. The van der Waals surface area contributed by atoms with Crippen LogP contribution < -0.4 is 16.4 Å². The maximum Gasteiger partial charge on any atom is 0.252 e. The lowest BCUT2D eigenvalue weighted by molar-refractivity contribution is -0.147. The second-order valence-corrected chi connectivity index (χ2v) is 9.32. The Labute approximate surface area is 183 Å². The number of rotatable bonds is 5. The summed E-state index contributed by atoms with van der Waals surface area (Å²) in [4.78, 5) is 22.0. The molecular formula is C22H35N7O2. The number of nitrogens with two attached hydrogens (primary N) is 2. The predicted molar refractivity (Wildman–Crippen MR) is 120 cm³/mol. The summed E-state index contributed by atoms with van der Waals surface area (Å²) in [7, 11) is 0. The summed E-state index contributed by atoms with van der Waals surface area (Å²) in [6.07, 6.45) is 4.62. The van der Waals surface area contributed by atoms with Crippen LogP contribution in [0.25, 0.3) is 5.65 Å². The number of hydrogen-bond donors (Lipinski definition) is 3. The number of aliphatic hydroxyl groups is 1. The number of hydrogen-bond acceptors (Lipinski definition) is 7. The van der Waals surface area contributed by atoms with Crippen LogP contribution in [-0.2, 0) is 4.79 Å². The molecule has 3 unspecified atom stereocenters. The number of carbonyl (C=O) groups is 1. The normalized spacial score (nSPS) is 25.1. The molecule has 9 heteroatoms. The van der Waals surface area contributed by atoms with E-state index in [1.807, 2.05) is 33.0 Å². The second-order valence-electron chi connectivity index (χ2n) is 9.32. The van der Waals surface area contributed by atoms with Crippen molar-refractivity contribution in [2.24, 2.45) is 17.4 Å². The maximum absolute atomic E-state index is 13.1. The molecule has 0 saturated carbocycles. The first kappa shape index (κ1) is 22.0. The van der Waals surface area contributed by atoms with Gasteiger partial charge in [-0.05, 0) is 39.5 Å². The van der Waals surface area contributed by atoms with Gasteiger partial charge in [0.25, 0.3) is 5.91 Å². The molecule has 2 saturated heterocycles. The predicted octanol–water partition coefficient (Wildman–Crippen LogP) is 0.973. The molecule has 9 nitrogen and oxygen atoms in total. The Morgan fingerprint density at radius 3 is 2.71 bits per heavy atom. The Hall–Kier alpha value is -2.23. The van der Waals surface area contributed by atoms with E-state index in [1.54, 1.807) is 9.42 Å². The van der Waals surface area contributed by atoms with E-state index >= 15 is 0 Å². The summed E-state index contributed by atoms with van der Waals surface area (Å²) in [5.41, 5.74) is 14.6. The summed E-state index contributed by atoms with van der Waals surface area (Å²) in [6, 6.07) is 1.73. The molecule has 0 aliphatic carbocycles. The molecule has 0 radical (unpaired) electrons. The fourth-order valence-electron chi connectivity index (χ4n) is 4.67. The molecular weight excluding hydrogens is 394 g/mol. The molecule has 2 fully saturated rings. The molecule has 2 aliphatic rings. The van der Waals surface area contributed by atoms with Gasteiger partial charge < -0.3 is 26.4 Å². The molecule has 4 heterocycles. The average Bonchev–Trinajstić information content (AvgIpc) is 3.37. The van der Waals surface area contributed by atoms with Crippen LogP contribution >= 0.6 is 0 Å². The van der Waals surface area contributed by atoms with Crippen molar-refractivity contribution in [2.75, 3.05) is 24.5 Å². The smallest absolute Gasteiger partial charge is 0.252 e. The zero-order valence-corrected chi connectivity index (χ0v) is 18.7. The number of carbonyl (C=O) groups excluding carboxylic acids is 1. The molecule has 170 valence electrons. The van der Waals surface area contributed by atoms with Gasteiger partial charge in [0.15, 0.2) is 5.65 Å². The fourth-order valence-corrected chi connectivity index (χ4v) is 4.67. The van der Waals surface area contributed by atoms with Gasteiger partial charge in [0.1, 0.15) is 11.9 Å². The Balaban J connectivity index is 1.62. The maximum atomic E-state index is 13.1. The van der Waals surface area contributed by atoms with Crippen molar-refractivity contribution in [1.29, 1.82) is 0 Å². The molecule has 0 spiro atoms. The van der Waals surface area contributed by atoms with Gasteiger partial charge >= 0.3 is 0 Å². The first-order chi connectivity index (χ1) is 14.8. The van der Waals surface area contributed by atoms with E-state index in [2.05, 4.69) is 4.90 Å². The van der Waals surface area contributed by atoms with Gasteiger partial charge in [-0.1, -0.05) is 6.92 Å². The highest BCUT2D eigenvalue weighted by molar-refractivity contribution is 5.81. The van der Waals surface area contributed by atoms with E-state index in [1.165, 1.54) is 0 Å². The molecule has 2 aromatic heterocycles. The van der Waals surface area contributed by atoms with Crippen molar-refractivity contribution < 1.29 is 9.90 Å². The van der Waals surface area contributed by atoms with Gasteiger partial charge in [0.2, 0.25) is 0 Å². The molecule has 0 bridgehead atoms. The van der Waals surface area contributed by atoms with Gasteiger partial charge in [0, 0.05) is 55.5 Å². The number of amides is 1. The van der Waals surface area contributed by atoms with Crippen molar-refractivity contribution in [1.82, 2.24) is 19.5 Å². The number of piperidine rings is 1. The Morgan fingerprint density at radius 1 is 1.26 bits per heavy atom. The van der Waals surface area contributed by atoms with E-state index in [0.29, 0.717) is 6.54 Å². The number of aliphatic hydroxyl groups excluding tert-OH is 1. The molecule has 0 aromatic carbocycles. The Morgan fingerprint density at radius 2 is 2.03 bits per heavy atom. The number of anilines is 1. The molecule has 2 aliphatic heterocycles. The monoisotopic (exact) mass is 429 g/mol. The van der Waals surface area contributed by atoms with E-state index in [0.717, 1.165) is 61.5 Å². The van der Waals surface area contributed by atoms with Gasteiger partial charge in [0.05, 0.1) is 11.7 Å². The first-order valence-corrected chi connectivity index (χ1v) is 11.4. The van der Waals surface area contributed by atoms with Gasteiger partial charge in [-0.3, -0.25) is 4.79 Å². The largest absolute Gasteiger partial charge is 0.383 e. The summed E-state index contributed by atoms with van der Waals surface area (Å²) in [5, 5.41) is 15.4. The summed E-state index contributed by atoms with van der Waals surface area (Å²) in [6.45, 7) is 8.00. The summed E-state index contributed by atoms with van der Waals surface area (Å²) >= 11 is 0. The van der Waals surface area contributed by atoms with Gasteiger partial charge in [-0.15, -0.1) is 0 Å². The van der Waals surface area contributed by atoms with Crippen LogP contribution in [0.4, 0.5) is 5.82 Å². The van der Waals surface area contributed by atoms with Crippen molar-refractivity contribution in [3.8, 4) is 0 Å². The van der Waals surface area contributed by atoms with Crippen LogP contribution in [0.3, 0.4) is 0 Å². The second kappa shape index (κ2) is 8.72. The highest BCUT2D eigenvalue weighted by atomic mass is 16.3. The average molecular weight is 430 g/mol. The molecule has 2 aromatic rings. The van der Waals surface area contributed by atoms with Gasteiger partial charge in [-0.2, -0.15) is 5.10 Å². The molecule has 31 heavy (non-hydrogen) atoms. The summed E-state index contributed by atoms with van der Waals surface area (Å²) in [5.74, 6) is 0.377. The van der Waals surface area contributed by atoms with Crippen LogP contribution in [0.1, 0.15) is 56.8 Å². The van der Waals surface area contributed by atoms with Crippen LogP contribution in [-0.4, -0.2) is 68.3 Å². The standard InChI is InChI=1S/C22H35N7O2/c1-13-11-29-19(25-21(13)27-9-7-16(24)12-27)10-17(26-29)18-6-4-5-8-28(18)22(31)20(30)14(2)15(3)23/h10-11,14-16,18,20,30H,4-9,12,23-24H2,1-3H3/t14?,15?,16-,18-,20?/m0/s1. The lowest BCUT2D eigenvalue weighted by Gasteiger charge is -2.37. The first-order valence-electron chi connectivity index (χ1n) is 11.4. The Bertz CT molecular complexity index is 943. The number of fused-ring (bicyclic) bond motifs is 1. The molecule has 5 atom stereocenters. The minimum Gasteiger partial charge on any atom is -0.383 e. The van der Waals surface area contributed by atoms with Gasteiger partial charge in [-0.25, -0.2) is 9.50 Å². The van der Waals surface area contributed by atoms with Crippen LogP contribution in [0, 0.1) is 12.8 Å². The molecule has 4 rings (SSSR count). The molecule has 1 amide bonds. The van der Waals surface area contributed by atoms with E-state index in [4.69, 9.17) is 21.5 Å². The fraction of sp³-hybridized carbons (Fsp3) is 0.682. The van der Waals surface area contributed by atoms with E-state index in [-0.39, 0.29) is 30.0 Å². The van der Waals surface area contributed by atoms with Crippen LogP contribution in [0.15, 0.2) is 12.3 Å². The highest BCUT2D eigenvalue weighted by Crippen LogP contribution is 2.32. The Kier molecular flexibility index (Phi) is 6.18. The number of likely N-dealkylation sites (tertiary alicyclic amines) is 1. The van der Waals surface area contributed by atoms with Crippen molar-refractivity contribution in [3.05, 3.63) is 23.5 Å². The zero-order valence-electron chi connectivity index (χ0n) is 18.7. The van der Waals surface area contributed by atoms with Crippen molar-refractivity contribution >= 4 is 17.4 Å². The van der Waals surface area contributed by atoms with E-state index in [9.17, 15) is 9.90 Å². The minimum atomic E-state index is -1.11. The SMILES string of the molecule is Cc1cn2nc([C@@H]3CCCCN3C(=O)C(O)C(C)C(C)N)cc2nc1N1CC[C@H](N)C1. The topological polar surface area (TPSA) is 126 Å². The number of nitrogens with zero attached hydrogens (tertiary/aromatic N) is 5. The highest BCUT2D eigenvalue weighted by Gasteiger charge is 2.36. The minimum absolute atomic E-state index is 0.165. The van der Waals surface area contributed by atoms with Crippen LogP contribution in [0.2, 0.25) is 0 Å². The molecule has 5 N–H and O–H groups in total. The third kappa shape index (κ3) is 4.26. The third-order valence-corrected chi connectivity index (χ3v) is 6.86. The third-order valence-electron chi connectivity index (χ3n) is 6.86. The van der Waals surface area contributed by atoms with Crippen molar-refractivity contribution in [3.63, 3.8) is 0 Å². The van der Waals surface area contributed by atoms with Crippen LogP contribution in [0.5, 0.6) is 0 Å². The summed E-state index contributed by atoms with van der Waals surface area (Å²) < 4.78 is 1.79. The lowest BCUT2D eigenvalue weighted by atomic mass is 9.93. The van der Waals surface area contributed by atoms with E-state index < -0.39 is 6.10 Å². The zero-order chi connectivity index (χ0) is 22.3. The quantitative estimate of drug-likeness (QED) is 0.646.